The van der Waals surface area contributed by atoms with Gasteiger partial charge in [-0.1, -0.05) is 12.6 Å². The van der Waals surface area contributed by atoms with Crippen molar-refractivity contribution < 1.29 is 27.1 Å². The van der Waals surface area contributed by atoms with Crippen LogP contribution in [0.2, 0.25) is 0 Å². The number of carbonyl (C=O) groups excluding carboxylic acids is 1. The smallest absolute Gasteiger partial charge is 0.355 e. The lowest BCUT2D eigenvalue weighted by Gasteiger charge is -2.41. The zero-order valence-corrected chi connectivity index (χ0v) is 24.3. The molecule has 3 aromatic heterocycles. The van der Waals surface area contributed by atoms with Crippen LogP contribution in [0.5, 0.6) is 5.75 Å². The highest BCUT2D eigenvalue weighted by Gasteiger charge is 2.33. The van der Waals surface area contributed by atoms with E-state index in [1.54, 1.807) is 4.90 Å². The van der Waals surface area contributed by atoms with Crippen LogP contribution in [-0.2, 0) is 14.6 Å². The molecule has 0 saturated carbocycles. The first kappa shape index (κ1) is 30.2. The number of anilines is 1. The molecular weight excluding hydrogens is 596 g/mol. The number of halogens is 2. The maximum atomic E-state index is 15.8. The van der Waals surface area contributed by atoms with Gasteiger partial charge in [-0.25, -0.2) is 31.5 Å². The molecule has 0 radical (unpaired) electrons. The molecular formula is C29H25F2N7O5S. The van der Waals surface area contributed by atoms with E-state index in [1.807, 2.05) is 6.07 Å². The van der Waals surface area contributed by atoms with Crippen LogP contribution < -0.4 is 10.6 Å². The molecule has 15 heteroatoms. The van der Waals surface area contributed by atoms with Crippen molar-refractivity contribution in [3.63, 3.8) is 0 Å². The number of nitrogens with zero attached hydrogens (tertiary/aromatic N) is 7. The standard InChI is InChI=1S/C29H25F2N7O5S/c1-4-23(40)37-13-12-36(15-17(37)8-10-32)27-18-14-20(31)25(24-19(30)6-5-7-21(24)39)34-28(18)38(29(41)35-27)26-16(2)33-11-9-22(26)44(3,42)43/h4-7,9,11,14,17,39H,1,8,12-13,15H2,2-3H3. The summed E-state index contributed by atoms with van der Waals surface area (Å²) in [6.45, 7) is 5.26. The van der Waals surface area contributed by atoms with Gasteiger partial charge in [0.2, 0.25) is 5.91 Å². The summed E-state index contributed by atoms with van der Waals surface area (Å²) in [5.74, 6) is -3.11. The van der Waals surface area contributed by atoms with Gasteiger partial charge < -0.3 is 14.9 Å². The highest BCUT2D eigenvalue weighted by atomic mass is 32.2. The van der Waals surface area contributed by atoms with E-state index < -0.39 is 50.2 Å². The van der Waals surface area contributed by atoms with E-state index in [2.05, 4.69) is 21.5 Å². The number of fused-ring (bicyclic) bond motifs is 1. The molecule has 0 bridgehead atoms. The second-order valence-corrected chi connectivity index (χ2v) is 12.1. The number of carbonyl (C=O) groups is 1. The van der Waals surface area contributed by atoms with Crippen LogP contribution in [0.4, 0.5) is 14.6 Å². The summed E-state index contributed by atoms with van der Waals surface area (Å²) in [7, 11) is -3.95. The predicted octanol–water partition coefficient (Wildman–Crippen LogP) is 2.66. The Hall–Kier alpha value is -5.23. The number of piperazine rings is 1. The molecule has 4 aromatic rings. The van der Waals surface area contributed by atoms with Gasteiger partial charge >= 0.3 is 5.69 Å². The van der Waals surface area contributed by atoms with Crippen LogP contribution in [0.3, 0.4) is 0 Å². The molecule has 226 valence electrons. The first-order chi connectivity index (χ1) is 20.9. The van der Waals surface area contributed by atoms with Gasteiger partial charge in [-0.05, 0) is 37.3 Å². The monoisotopic (exact) mass is 621 g/mol. The Labute approximate surface area is 250 Å². The molecule has 12 nitrogen and oxygen atoms in total. The van der Waals surface area contributed by atoms with Crippen LogP contribution in [0.25, 0.3) is 28.0 Å². The largest absolute Gasteiger partial charge is 0.507 e. The lowest BCUT2D eigenvalue weighted by atomic mass is 10.1. The fourth-order valence-corrected chi connectivity index (χ4v) is 6.21. The molecule has 1 amide bonds. The topological polar surface area (TPSA) is 162 Å². The first-order valence-corrected chi connectivity index (χ1v) is 15.1. The number of aromatic hydroxyl groups is 1. The van der Waals surface area contributed by atoms with Crippen molar-refractivity contribution in [2.75, 3.05) is 30.8 Å². The molecule has 1 aliphatic rings. The minimum absolute atomic E-state index is 0.0384. The molecule has 1 atom stereocenters. The van der Waals surface area contributed by atoms with Crippen LogP contribution in [0.1, 0.15) is 12.1 Å². The minimum Gasteiger partial charge on any atom is -0.507 e. The van der Waals surface area contributed by atoms with E-state index in [0.29, 0.717) is 0 Å². The number of aryl methyl sites for hydroxylation is 1. The molecule has 5 rings (SSSR count). The fraction of sp³-hybridized carbons (Fsp3) is 0.241. The third-order valence-electron chi connectivity index (χ3n) is 7.29. The van der Waals surface area contributed by atoms with Crippen LogP contribution in [0, 0.1) is 29.9 Å². The fourth-order valence-electron chi connectivity index (χ4n) is 5.31. The quantitative estimate of drug-likeness (QED) is 0.317. The van der Waals surface area contributed by atoms with Crippen LogP contribution in [0.15, 0.2) is 58.9 Å². The van der Waals surface area contributed by atoms with Crippen molar-refractivity contribution in [1.82, 2.24) is 24.4 Å². The number of hydrogen-bond acceptors (Lipinski definition) is 10. The molecule has 0 spiro atoms. The molecule has 44 heavy (non-hydrogen) atoms. The third-order valence-corrected chi connectivity index (χ3v) is 8.42. The van der Waals surface area contributed by atoms with Gasteiger partial charge in [0.15, 0.2) is 21.3 Å². The van der Waals surface area contributed by atoms with Gasteiger partial charge in [0.1, 0.15) is 23.1 Å². The number of aromatic nitrogens is 4. The number of pyridine rings is 2. The van der Waals surface area contributed by atoms with Crippen molar-refractivity contribution in [3.8, 4) is 28.8 Å². The Kier molecular flexibility index (Phi) is 7.87. The highest BCUT2D eigenvalue weighted by Crippen LogP contribution is 2.36. The SMILES string of the molecule is C=CC(=O)N1CCN(c2nc(=O)n(-c3c(S(C)(=O)=O)ccnc3C)c3nc(-c4c(O)cccc4F)c(F)cc23)CC1CC#N. The van der Waals surface area contributed by atoms with Gasteiger partial charge in [0, 0.05) is 32.1 Å². The molecule has 1 unspecified atom stereocenters. The molecule has 1 aliphatic heterocycles. The number of sulfone groups is 1. The van der Waals surface area contributed by atoms with E-state index >= 15 is 4.39 Å². The summed E-state index contributed by atoms with van der Waals surface area (Å²) in [6, 6.07) is 6.93. The van der Waals surface area contributed by atoms with Crippen molar-refractivity contribution >= 4 is 32.6 Å². The van der Waals surface area contributed by atoms with E-state index in [-0.39, 0.29) is 65.1 Å². The van der Waals surface area contributed by atoms with Crippen LogP contribution >= 0.6 is 0 Å². The highest BCUT2D eigenvalue weighted by molar-refractivity contribution is 7.90. The third kappa shape index (κ3) is 5.24. The molecule has 1 N–H and O–H groups in total. The van der Waals surface area contributed by atoms with Gasteiger partial charge in [-0.15, -0.1) is 0 Å². The molecule has 1 fully saturated rings. The number of phenols is 1. The zero-order valence-electron chi connectivity index (χ0n) is 23.5. The summed E-state index contributed by atoms with van der Waals surface area (Å²) in [5.41, 5.74) is -2.57. The summed E-state index contributed by atoms with van der Waals surface area (Å²) in [6.07, 6.45) is 3.26. The molecule has 4 heterocycles. The lowest BCUT2D eigenvalue weighted by Crippen LogP contribution is -2.55. The number of nitriles is 1. The summed E-state index contributed by atoms with van der Waals surface area (Å²) >= 11 is 0. The second-order valence-electron chi connectivity index (χ2n) is 10.1. The van der Waals surface area contributed by atoms with Crippen molar-refractivity contribution in [2.24, 2.45) is 0 Å². The average Bonchev–Trinajstić information content (AvgIpc) is 2.97. The summed E-state index contributed by atoms with van der Waals surface area (Å²) in [5, 5.41) is 19.8. The second kappa shape index (κ2) is 11.5. The Balaban J connectivity index is 1.85. The number of amides is 1. The predicted molar refractivity (Wildman–Crippen MR) is 156 cm³/mol. The van der Waals surface area contributed by atoms with Crippen molar-refractivity contribution in [1.29, 1.82) is 5.26 Å². The lowest BCUT2D eigenvalue weighted by molar-refractivity contribution is -0.128. The van der Waals surface area contributed by atoms with Crippen molar-refractivity contribution in [3.05, 3.63) is 77.0 Å². The summed E-state index contributed by atoms with van der Waals surface area (Å²) in [4.78, 5) is 41.7. The van der Waals surface area contributed by atoms with E-state index in [1.165, 1.54) is 30.2 Å². The molecule has 1 aromatic carbocycles. The minimum atomic E-state index is -3.95. The maximum Gasteiger partial charge on any atom is 0.355 e. The van der Waals surface area contributed by atoms with E-state index in [0.717, 1.165) is 35.1 Å². The van der Waals surface area contributed by atoms with E-state index in [9.17, 15) is 32.8 Å². The van der Waals surface area contributed by atoms with E-state index in [4.69, 9.17) is 0 Å². The number of hydrogen-bond donors (Lipinski definition) is 1. The van der Waals surface area contributed by atoms with Gasteiger partial charge in [-0.3, -0.25) is 9.78 Å². The Morgan fingerprint density at radius 1 is 1.23 bits per heavy atom. The Bertz CT molecular complexity index is 2040. The number of rotatable bonds is 6. The molecule has 1 saturated heterocycles. The number of phenolic OH excluding ortho intramolecular Hbond substituents is 1. The zero-order chi connectivity index (χ0) is 31.9. The normalized spacial score (nSPS) is 15.3. The maximum absolute atomic E-state index is 15.8. The van der Waals surface area contributed by atoms with Gasteiger partial charge in [0.25, 0.3) is 0 Å². The van der Waals surface area contributed by atoms with Gasteiger partial charge in [0.05, 0.1) is 45.8 Å². The first-order valence-electron chi connectivity index (χ1n) is 13.2. The average molecular weight is 622 g/mol. The Morgan fingerprint density at radius 2 is 1.98 bits per heavy atom. The van der Waals surface area contributed by atoms with Crippen molar-refractivity contribution in [2.45, 2.75) is 24.3 Å². The van der Waals surface area contributed by atoms with Gasteiger partial charge in [-0.2, -0.15) is 10.2 Å². The molecule has 0 aliphatic carbocycles. The number of benzene rings is 1. The Morgan fingerprint density at radius 3 is 2.64 bits per heavy atom. The van der Waals surface area contributed by atoms with Crippen LogP contribution in [-0.4, -0.2) is 75.8 Å². The summed E-state index contributed by atoms with van der Waals surface area (Å²) < 4.78 is 57.2.